The molecular weight excluding hydrogens is 759 g/mol. The fraction of sp³-hybridized carbons (Fsp3) is 0. The van der Waals surface area contributed by atoms with Crippen molar-refractivity contribution in [2.24, 2.45) is 0 Å². The first-order valence-electron chi connectivity index (χ1n) is 21.0. The van der Waals surface area contributed by atoms with E-state index in [9.17, 15) is 8.78 Å². The van der Waals surface area contributed by atoms with Crippen molar-refractivity contribution < 1.29 is 8.78 Å². The normalized spacial score (nSPS) is 11.7. The summed E-state index contributed by atoms with van der Waals surface area (Å²) in [6, 6.07) is 75.0. The van der Waals surface area contributed by atoms with Gasteiger partial charge in [-0.15, -0.1) is 0 Å². The van der Waals surface area contributed by atoms with E-state index in [-0.39, 0.29) is 11.6 Å². The molecule has 0 aliphatic carbocycles. The Kier molecular flexibility index (Phi) is 8.33. The topological polar surface area (TPSA) is 0 Å². The number of hydrogen-bond acceptors (Lipinski definition) is 0. The van der Waals surface area contributed by atoms with Gasteiger partial charge in [-0.1, -0.05) is 170 Å². The number of hydrogen-bond donors (Lipinski definition) is 0. The van der Waals surface area contributed by atoms with E-state index in [2.05, 4.69) is 170 Å². The summed E-state index contributed by atoms with van der Waals surface area (Å²) < 4.78 is 28.9. The second-order valence-electron chi connectivity index (χ2n) is 16.3. The van der Waals surface area contributed by atoms with Gasteiger partial charge >= 0.3 is 0 Å². The van der Waals surface area contributed by atoms with Crippen molar-refractivity contribution in [1.82, 2.24) is 0 Å². The molecule has 0 amide bonds. The Hall–Kier alpha value is -7.94. The Labute approximate surface area is 357 Å². The van der Waals surface area contributed by atoms with Gasteiger partial charge in [0.15, 0.2) is 0 Å². The van der Waals surface area contributed by atoms with Crippen LogP contribution in [0.2, 0.25) is 0 Å². The Morgan fingerprint density at radius 2 is 0.484 bits per heavy atom. The van der Waals surface area contributed by atoms with Crippen molar-refractivity contribution in [2.75, 3.05) is 0 Å². The van der Waals surface area contributed by atoms with Gasteiger partial charge in [0.2, 0.25) is 0 Å². The minimum absolute atomic E-state index is 0.267. The minimum atomic E-state index is -0.267. The highest BCUT2D eigenvalue weighted by molar-refractivity contribution is 6.32. The van der Waals surface area contributed by atoms with Crippen LogP contribution in [-0.4, -0.2) is 0 Å². The summed E-state index contributed by atoms with van der Waals surface area (Å²) in [6.07, 6.45) is 0. The van der Waals surface area contributed by atoms with Gasteiger partial charge in [0, 0.05) is 0 Å². The molecule has 12 aromatic rings. The molecule has 0 unspecified atom stereocenters. The summed E-state index contributed by atoms with van der Waals surface area (Å²) in [5.74, 6) is -0.535. The van der Waals surface area contributed by atoms with Gasteiger partial charge in [0.1, 0.15) is 11.6 Å². The molecule has 0 saturated carbocycles. The van der Waals surface area contributed by atoms with Crippen molar-refractivity contribution in [3.05, 3.63) is 230 Å². The van der Waals surface area contributed by atoms with Crippen LogP contribution in [0.1, 0.15) is 0 Å². The minimum Gasteiger partial charge on any atom is -0.207 e. The predicted molar refractivity (Wildman–Crippen MR) is 258 cm³/mol. The second kappa shape index (κ2) is 14.4. The SMILES string of the molecule is Fc1ccc(-c2cc(-c3ccc(-c4ccc5ccccc5c4)cc3)c3ccc4c(-c5ccc(F)cc5)cc(-c5ccc(-c6ccc7ccccc7c6)cc5)c5ccc2c3c45)cc1. The molecule has 0 aromatic heterocycles. The molecule has 0 N–H and O–H groups in total. The van der Waals surface area contributed by atoms with Gasteiger partial charge in [-0.25, -0.2) is 8.78 Å². The monoisotopic (exact) mass is 794 g/mol. The van der Waals surface area contributed by atoms with Gasteiger partial charge < -0.3 is 0 Å². The maximum absolute atomic E-state index is 14.4. The van der Waals surface area contributed by atoms with Gasteiger partial charge in [-0.2, -0.15) is 0 Å². The quantitative estimate of drug-likeness (QED) is 0.147. The van der Waals surface area contributed by atoms with Gasteiger partial charge in [-0.3, -0.25) is 0 Å². The average molecular weight is 795 g/mol. The lowest BCUT2D eigenvalue weighted by atomic mass is 9.81. The molecule has 0 nitrogen and oxygen atoms in total. The lowest BCUT2D eigenvalue weighted by molar-refractivity contribution is 0.627. The zero-order valence-electron chi connectivity index (χ0n) is 33.5. The van der Waals surface area contributed by atoms with E-state index in [4.69, 9.17) is 0 Å². The lowest BCUT2D eigenvalue weighted by Gasteiger charge is -2.21. The Bertz CT molecular complexity index is 3410. The number of halogens is 2. The summed E-state index contributed by atoms with van der Waals surface area (Å²) in [6.45, 7) is 0. The molecule has 0 aliphatic heterocycles. The van der Waals surface area contributed by atoms with Crippen LogP contribution >= 0.6 is 0 Å². The van der Waals surface area contributed by atoms with Crippen LogP contribution in [-0.2, 0) is 0 Å². The first-order chi connectivity index (χ1) is 30.5. The molecule has 12 aromatic carbocycles. The van der Waals surface area contributed by atoms with Crippen molar-refractivity contribution in [3.8, 4) is 66.8 Å². The van der Waals surface area contributed by atoms with Crippen molar-refractivity contribution in [2.45, 2.75) is 0 Å². The van der Waals surface area contributed by atoms with Crippen molar-refractivity contribution >= 4 is 53.9 Å². The summed E-state index contributed by atoms with van der Waals surface area (Å²) in [4.78, 5) is 0. The van der Waals surface area contributed by atoms with Crippen LogP contribution in [0.15, 0.2) is 218 Å². The van der Waals surface area contributed by atoms with E-state index >= 15 is 0 Å². The molecular formula is C60H36F2. The third kappa shape index (κ3) is 6.03. The number of benzene rings is 12. The van der Waals surface area contributed by atoms with Gasteiger partial charge in [-0.05, 0) is 169 Å². The average Bonchev–Trinajstić information content (AvgIpc) is 3.33. The molecule has 0 radical (unpaired) electrons. The predicted octanol–water partition coefficient (Wildman–Crippen LogP) is 17.2. The Morgan fingerprint density at radius 1 is 0.210 bits per heavy atom. The van der Waals surface area contributed by atoms with E-state index in [1.807, 2.05) is 24.3 Å². The molecule has 0 bridgehead atoms. The smallest absolute Gasteiger partial charge is 0.123 e. The highest BCUT2D eigenvalue weighted by atomic mass is 19.1. The standard InChI is InChI=1S/C60H36F2/c61-49-25-21-43(22-26-49)57-35-55(41-15-9-39(10-16-41)47-19-13-37-5-1-3-7-45(37)33-47)51-29-31-54-58(44-23-27-50(62)28-24-44)36-56(52-30-32-53(57)59(51)60(52)54)42-17-11-40(12-18-42)48-20-14-38-6-2-4-8-46(38)34-48/h1-36H. The van der Waals surface area contributed by atoms with E-state index in [1.54, 1.807) is 0 Å². The lowest BCUT2D eigenvalue weighted by Crippen LogP contribution is -1.94. The summed E-state index contributed by atoms with van der Waals surface area (Å²) in [5, 5.41) is 11.6. The van der Waals surface area contributed by atoms with Crippen LogP contribution in [0.3, 0.4) is 0 Å². The fourth-order valence-electron chi connectivity index (χ4n) is 9.63. The Balaban J connectivity index is 1.09. The molecule has 290 valence electrons. The molecule has 62 heavy (non-hydrogen) atoms. The van der Waals surface area contributed by atoms with Crippen LogP contribution in [0.25, 0.3) is 121 Å². The second-order valence-corrected chi connectivity index (χ2v) is 16.3. The molecule has 0 heterocycles. The van der Waals surface area contributed by atoms with Crippen molar-refractivity contribution in [3.63, 3.8) is 0 Å². The maximum atomic E-state index is 14.4. The number of fused-ring (bicyclic) bond motifs is 2. The zero-order valence-corrected chi connectivity index (χ0v) is 33.5. The van der Waals surface area contributed by atoms with E-state index < -0.39 is 0 Å². The molecule has 0 atom stereocenters. The third-order valence-electron chi connectivity index (χ3n) is 12.8. The Morgan fingerprint density at radius 3 is 0.823 bits per heavy atom. The summed E-state index contributed by atoms with van der Waals surface area (Å²) in [5.41, 5.74) is 13.0. The first kappa shape index (κ1) is 36.0. The van der Waals surface area contributed by atoms with Gasteiger partial charge in [0.05, 0.1) is 0 Å². The van der Waals surface area contributed by atoms with Crippen LogP contribution < -0.4 is 0 Å². The highest BCUT2D eigenvalue weighted by Gasteiger charge is 2.21. The van der Waals surface area contributed by atoms with E-state index in [0.29, 0.717) is 0 Å². The summed E-state index contributed by atoms with van der Waals surface area (Å²) in [7, 11) is 0. The molecule has 0 saturated heterocycles. The largest absolute Gasteiger partial charge is 0.207 e. The third-order valence-corrected chi connectivity index (χ3v) is 12.8. The zero-order chi connectivity index (χ0) is 41.3. The summed E-state index contributed by atoms with van der Waals surface area (Å²) >= 11 is 0. The van der Waals surface area contributed by atoms with E-state index in [0.717, 1.165) is 88.0 Å². The van der Waals surface area contributed by atoms with Gasteiger partial charge in [0.25, 0.3) is 0 Å². The molecule has 0 fully saturated rings. The molecule has 0 aliphatic rings. The fourth-order valence-corrected chi connectivity index (χ4v) is 9.63. The first-order valence-corrected chi connectivity index (χ1v) is 21.0. The molecule has 0 spiro atoms. The highest BCUT2D eigenvalue weighted by Crippen LogP contribution is 2.49. The molecule has 12 rings (SSSR count). The maximum Gasteiger partial charge on any atom is 0.123 e. The van der Waals surface area contributed by atoms with Crippen LogP contribution in [0, 0.1) is 11.6 Å². The molecule has 2 heteroatoms. The van der Waals surface area contributed by atoms with Crippen LogP contribution in [0.5, 0.6) is 0 Å². The van der Waals surface area contributed by atoms with Crippen LogP contribution in [0.4, 0.5) is 8.78 Å². The number of rotatable bonds is 6. The van der Waals surface area contributed by atoms with E-state index in [1.165, 1.54) is 56.9 Å². The van der Waals surface area contributed by atoms with Crippen molar-refractivity contribution in [1.29, 1.82) is 0 Å².